The van der Waals surface area contributed by atoms with Crippen LogP contribution in [0.2, 0.25) is 0 Å². The third-order valence-corrected chi connectivity index (χ3v) is 3.05. The molecular formula is C16H19N3O4. The van der Waals surface area contributed by atoms with Crippen molar-refractivity contribution in [2.75, 3.05) is 11.9 Å². The molecule has 1 amide bonds. The number of amides is 1. The lowest BCUT2D eigenvalue weighted by molar-refractivity contribution is -0.137. The highest BCUT2D eigenvalue weighted by atomic mass is 16.5. The van der Waals surface area contributed by atoms with Crippen molar-refractivity contribution in [1.29, 1.82) is 0 Å². The molecule has 0 aliphatic heterocycles. The second-order valence-corrected chi connectivity index (χ2v) is 5.14. The first-order valence-electron chi connectivity index (χ1n) is 7.26. The van der Waals surface area contributed by atoms with Gasteiger partial charge in [-0.3, -0.25) is 14.3 Å². The molecule has 2 N–H and O–H groups in total. The number of carbonyl (C=O) groups is 2. The Morgan fingerprint density at radius 3 is 2.96 bits per heavy atom. The smallest absolute Gasteiger partial charge is 0.303 e. The normalized spacial score (nSPS) is 10.3. The molecule has 0 bridgehead atoms. The summed E-state index contributed by atoms with van der Waals surface area (Å²) in [5.41, 5.74) is 1.61. The van der Waals surface area contributed by atoms with Crippen LogP contribution in [0.4, 0.5) is 5.69 Å². The fourth-order valence-electron chi connectivity index (χ4n) is 1.99. The first kappa shape index (κ1) is 16.5. The van der Waals surface area contributed by atoms with Gasteiger partial charge in [0.05, 0.1) is 11.9 Å². The Labute approximate surface area is 133 Å². The lowest BCUT2D eigenvalue weighted by atomic mass is 10.2. The van der Waals surface area contributed by atoms with Gasteiger partial charge in [-0.2, -0.15) is 5.10 Å². The number of aryl methyl sites for hydroxylation is 2. The Morgan fingerprint density at radius 1 is 1.39 bits per heavy atom. The van der Waals surface area contributed by atoms with Crippen LogP contribution in [0.1, 0.15) is 18.4 Å². The van der Waals surface area contributed by atoms with Crippen LogP contribution in [0, 0.1) is 6.92 Å². The quantitative estimate of drug-likeness (QED) is 0.777. The number of carboxylic acids is 1. The number of hydrogen-bond donors (Lipinski definition) is 2. The Balaban J connectivity index is 1.77. The van der Waals surface area contributed by atoms with Crippen LogP contribution >= 0.6 is 0 Å². The van der Waals surface area contributed by atoms with Gasteiger partial charge in [-0.15, -0.1) is 0 Å². The van der Waals surface area contributed by atoms with Crippen LogP contribution < -0.4 is 10.1 Å². The third kappa shape index (κ3) is 5.82. The monoisotopic (exact) mass is 317 g/mol. The lowest BCUT2D eigenvalue weighted by Gasteiger charge is -2.06. The number of rotatable bonds is 8. The average molecular weight is 317 g/mol. The molecule has 0 radical (unpaired) electrons. The van der Waals surface area contributed by atoms with Crippen molar-refractivity contribution in [3.05, 3.63) is 42.2 Å². The van der Waals surface area contributed by atoms with Crippen molar-refractivity contribution in [3.8, 4) is 5.75 Å². The molecule has 1 heterocycles. The van der Waals surface area contributed by atoms with Crippen LogP contribution in [0.3, 0.4) is 0 Å². The Morgan fingerprint density at radius 2 is 2.22 bits per heavy atom. The van der Waals surface area contributed by atoms with Gasteiger partial charge in [0.1, 0.15) is 5.75 Å². The average Bonchev–Trinajstić information content (AvgIpc) is 2.92. The molecule has 0 aliphatic rings. The standard InChI is InChI=1S/C16H19N3O4/c1-12-4-2-5-14(8-12)23-11-15(20)18-13-9-17-19(10-13)7-3-6-16(21)22/h2,4-5,8-10H,3,6-7,11H2,1H3,(H,18,20)(H,21,22). The minimum absolute atomic E-state index is 0.0892. The first-order valence-corrected chi connectivity index (χ1v) is 7.26. The van der Waals surface area contributed by atoms with E-state index in [4.69, 9.17) is 9.84 Å². The van der Waals surface area contributed by atoms with Gasteiger partial charge in [0.15, 0.2) is 6.61 Å². The van der Waals surface area contributed by atoms with Gasteiger partial charge in [0, 0.05) is 19.2 Å². The number of hydrogen-bond acceptors (Lipinski definition) is 4. The fourth-order valence-corrected chi connectivity index (χ4v) is 1.99. The molecule has 7 nitrogen and oxygen atoms in total. The summed E-state index contributed by atoms with van der Waals surface area (Å²) in [6.45, 7) is 2.35. The van der Waals surface area contributed by atoms with E-state index in [1.165, 1.54) is 6.20 Å². The molecule has 2 rings (SSSR count). The summed E-state index contributed by atoms with van der Waals surface area (Å²) < 4.78 is 7.01. The van der Waals surface area contributed by atoms with Crippen molar-refractivity contribution in [2.45, 2.75) is 26.3 Å². The van der Waals surface area contributed by atoms with Crippen LogP contribution in [0.25, 0.3) is 0 Å². The number of nitrogens with one attached hydrogen (secondary N) is 1. The topological polar surface area (TPSA) is 93.5 Å². The van der Waals surface area contributed by atoms with Crippen LogP contribution in [-0.4, -0.2) is 33.4 Å². The summed E-state index contributed by atoms with van der Waals surface area (Å²) in [7, 11) is 0. The van der Waals surface area contributed by atoms with Crippen molar-refractivity contribution in [3.63, 3.8) is 0 Å². The number of benzene rings is 1. The Kier molecular flexibility index (Phi) is 5.74. The highest BCUT2D eigenvalue weighted by Gasteiger charge is 2.06. The number of aromatic nitrogens is 2. The Hall–Kier alpha value is -2.83. The summed E-state index contributed by atoms with van der Waals surface area (Å²) in [5, 5.41) is 15.3. The zero-order chi connectivity index (χ0) is 16.7. The van der Waals surface area contributed by atoms with Gasteiger partial charge in [-0.25, -0.2) is 0 Å². The zero-order valence-electron chi connectivity index (χ0n) is 12.9. The number of anilines is 1. The van der Waals surface area contributed by atoms with Gasteiger partial charge in [0.25, 0.3) is 5.91 Å². The van der Waals surface area contributed by atoms with E-state index in [2.05, 4.69) is 10.4 Å². The molecule has 0 saturated heterocycles. The van der Waals surface area contributed by atoms with E-state index >= 15 is 0 Å². The number of carbonyl (C=O) groups excluding carboxylic acids is 1. The molecule has 0 unspecified atom stereocenters. The predicted octanol–water partition coefficient (Wildman–Crippen LogP) is 2.07. The van der Waals surface area contributed by atoms with E-state index in [1.54, 1.807) is 16.9 Å². The molecule has 122 valence electrons. The van der Waals surface area contributed by atoms with Crippen LogP contribution in [0.15, 0.2) is 36.7 Å². The Bertz CT molecular complexity index is 681. The maximum absolute atomic E-state index is 11.8. The molecule has 0 atom stereocenters. The van der Waals surface area contributed by atoms with E-state index < -0.39 is 5.97 Å². The highest BCUT2D eigenvalue weighted by molar-refractivity contribution is 5.91. The maximum Gasteiger partial charge on any atom is 0.303 e. The molecule has 0 spiro atoms. The van der Waals surface area contributed by atoms with E-state index in [0.29, 0.717) is 24.4 Å². The zero-order valence-corrected chi connectivity index (χ0v) is 12.9. The molecule has 7 heteroatoms. The van der Waals surface area contributed by atoms with Crippen LogP contribution in [-0.2, 0) is 16.1 Å². The van der Waals surface area contributed by atoms with E-state index in [9.17, 15) is 9.59 Å². The number of ether oxygens (including phenoxy) is 1. The second kappa shape index (κ2) is 7.98. The van der Waals surface area contributed by atoms with Crippen molar-refractivity contribution in [2.24, 2.45) is 0 Å². The molecule has 0 fully saturated rings. The molecular weight excluding hydrogens is 298 g/mol. The summed E-state index contributed by atoms with van der Waals surface area (Å²) in [6, 6.07) is 7.46. The van der Waals surface area contributed by atoms with E-state index in [1.807, 2.05) is 25.1 Å². The number of aliphatic carboxylic acids is 1. The van der Waals surface area contributed by atoms with Crippen molar-refractivity contribution < 1.29 is 19.4 Å². The minimum Gasteiger partial charge on any atom is -0.484 e. The second-order valence-electron chi connectivity index (χ2n) is 5.14. The molecule has 1 aromatic heterocycles. The van der Waals surface area contributed by atoms with Gasteiger partial charge < -0.3 is 15.2 Å². The SMILES string of the molecule is Cc1cccc(OCC(=O)Nc2cnn(CCCC(=O)O)c2)c1. The summed E-state index contributed by atoms with van der Waals surface area (Å²) in [4.78, 5) is 22.3. The van der Waals surface area contributed by atoms with Gasteiger partial charge in [0.2, 0.25) is 0 Å². The first-order chi connectivity index (χ1) is 11.0. The van der Waals surface area contributed by atoms with Gasteiger partial charge in [-0.1, -0.05) is 12.1 Å². The maximum atomic E-state index is 11.8. The molecule has 2 aromatic rings. The van der Waals surface area contributed by atoms with Crippen molar-refractivity contribution >= 4 is 17.6 Å². The summed E-state index contributed by atoms with van der Waals surface area (Å²) in [6.07, 6.45) is 3.75. The number of nitrogens with zero attached hydrogens (tertiary/aromatic N) is 2. The third-order valence-electron chi connectivity index (χ3n) is 3.05. The number of carboxylic acid groups (broad SMARTS) is 1. The van der Waals surface area contributed by atoms with Gasteiger partial charge in [-0.05, 0) is 31.0 Å². The highest BCUT2D eigenvalue weighted by Crippen LogP contribution is 2.12. The largest absolute Gasteiger partial charge is 0.484 e. The molecule has 1 aromatic carbocycles. The van der Waals surface area contributed by atoms with Crippen LogP contribution in [0.5, 0.6) is 5.75 Å². The summed E-state index contributed by atoms with van der Waals surface area (Å²) >= 11 is 0. The molecule has 23 heavy (non-hydrogen) atoms. The lowest BCUT2D eigenvalue weighted by Crippen LogP contribution is -2.19. The van der Waals surface area contributed by atoms with E-state index in [-0.39, 0.29) is 18.9 Å². The molecule has 0 aliphatic carbocycles. The fraction of sp³-hybridized carbons (Fsp3) is 0.312. The minimum atomic E-state index is -0.834. The van der Waals surface area contributed by atoms with Gasteiger partial charge >= 0.3 is 5.97 Å². The predicted molar refractivity (Wildman–Crippen MR) is 84.4 cm³/mol. The van der Waals surface area contributed by atoms with Crippen molar-refractivity contribution in [1.82, 2.24) is 9.78 Å². The van der Waals surface area contributed by atoms with E-state index in [0.717, 1.165) is 5.56 Å². The summed E-state index contributed by atoms with van der Waals surface area (Å²) in [5.74, 6) is -0.472. The molecule has 0 saturated carbocycles.